The Labute approximate surface area is 274 Å². The fourth-order valence-corrected chi connectivity index (χ4v) is 5.37. The van der Waals surface area contributed by atoms with Crippen molar-refractivity contribution in [3.05, 3.63) is 0 Å². The quantitative estimate of drug-likeness (QED) is 0.0516. The molecule has 9 nitrogen and oxygen atoms in total. The standard InChI is InChI=1S/C36H69NO8/c1-5-6-7-8-9-10-11-14-20-28-44-34(42)26-21-23-32(39)30-37(29-31(38)22-16-15-17-24-33(40)41)27-19-13-12-18-25-35(43)45-36(2,3)4/h31-32,38-39H,5-30H2,1-4H3,(H,40,41). The number of aliphatic hydroxyl groups is 2. The average molecular weight is 644 g/mol. The smallest absolute Gasteiger partial charge is 0.306 e. The van der Waals surface area contributed by atoms with Crippen molar-refractivity contribution in [1.29, 1.82) is 0 Å². The highest BCUT2D eigenvalue weighted by Crippen LogP contribution is 2.14. The van der Waals surface area contributed by atoms with Crippen molar-refractivity contribution < 1.29 is 39.2 Å². The van der Waals surface area contributed by atoms with Crippen LogP contribution in [0, 0.1) is 0 Å². The van der Waals surface area contributed by atoms with Crippen LogP contribution in [0.25, 0.3) is 0 Å². The van der Waals surface area contributed by atoms with Crippen molar-refractivity contribution in [3.63, 3.8) is 0 Å². The van der Waals surface area contributed by atoms with Crippen LogP contribution >= 0.6 is 0 Å². The first kappa shape index (κ1) is 43.3. The van der Waals surface area contributed by atoms with E-state index >= 15 is 0 Å². The summed E-state index contributed by atoms with van der Waals surface area (Å²) in [6, 6.07) is 0. The summed E-state index contributed by atoms with van der Waals surface area (Å²) in [6.45, 7) is 9.87. The van der Waals surface area contributed by atoms with Crippen LogP contribution < -0.4 is 0 Å². The molecular weight excluding hydrogens is 574 g/mol. The number of rotatable bonds is 31. The van der Waals surface area contributed by atoms with Gasteiger partial charge in [0.2, 0.25) is 0 Å². The molecule has 9 heteroatoms. The zero-order chi connectivity index (χ0) is 33.8. The van der Waals surface area contributed by atoms with Gasteiger partial charge in [-0.15, -0.1) is 0 Å². The Morgan fingerprint density at radius 1 is 0.622 bits per heavy atom. The summed E-state index contributed by atoms with van der Waals surface area (Å²) < 4.78 is 10.7. The van der Waals surface area contributed by atoms with E-state index in [1.807, 2.05) is 20.8 Å². The zero-order valence-electron chi connectivity index (χ0n) is 29.4. The van der Waals surface area contributed by atoms with Crippen LogP contribution in [0.5, 0.6) is 0 Å². The number of ether oxygens (including phenoxy) is 2. The van der Waals surface area contributed by atoms with Gasteiger partial charge in [-0.1, -0.05) is 84.0 Å². The van der Waals surface area contributed by atoms with Crippen LogP contribution in [-0.4, -0.2) is 82.2 Å². The average Bonchev–Trinajstić information content (AvgIpc) is 2.94. The van der Waals surface area contributed by atoms with E-state index in [1.165, 1.54) is 44.9 Å². The summed E-state index contributed by atoms with van der Waals surface area (Å²) in [5.41, 5.74) is -0.470. The van der Waals surface area contributed by atoms with Gasteiger partial charge in [0.05, 0.1) is 18.8 Å². The number of carboxylic acids is 1. The van der Waals surface area contributed by atoms with E-state index in [2.05, 4.69) is 11.8 Å². The predicted octanol–water partition coefficient (Wildman–Crippen LogP) is 7.58. The second-order valence-electron chi connectivity index (χ2n) is 13.8. The lowest BCUT2D eigenvalue weighted by Crippen LogP contribution is -2.38. The van der Waals surface area contributed by atoms with E-state index in [1.54, 1.807) is 0 Å². The molecule has 0 aliphatic carbocycles. The van der Waals surface area contributed by atoms with Crippen LogP contribution in [0.2, 0.25) is 0 Å². The van der Waals surface area contributed by atoms with Gasteiger partial charge in [-0.3, -0.25) is 19.3 Å². The number of carboxylic acid groups (broad SMARTS) is 1. The number of hydrogen-bond acceptors (Lipinski definition) is 8. The molecule has 0 aromatic rings. The Hall–Kier alpha value is -1.71. The maximum atomic E-state index is 12.1. The van der Waals surface area contributed by atoms with Gasteiger partial charge in [-0.25, -0.2) is 0 Å². The van der Waals surface area contributed by atoms with Gasteiger partial charge in [0, 0.05) is 32.4 Å². The van der Waals surface area contributed by atoms with Gasteiger partial charge >= 0.3 is 17.9 Å². The van der Waals surface area contributed by atoms with E-state index in [4.69, 9.17) is 14.6 Å². The van der Waals surface area contributed by atoms with E-state index in [9.17, 15) is 24.6 Å². The number of nitrogens with zero attached hydrogens (tertiary/aromatic N) is 1. The maximum absolute atomic E-state index is 12.1. The maximum Gasteiger partial charge on any atom is 0.306 e. The number of carbonyl (C=O) groups is 3. The molecule has 0 bridgehead atoms. The molecule has 2 atom stereocenters. The summed E-state index contributed by atoms with van der Waals surface area (Å²) >= 11 is 0. The summed E-state index contributed by atoms with van der Waals surface area (Å²) in [7, 11) is 0. The molecule has 2 unspecified atom stereocenters. The molecule has 3 N–H and O–H groups in total. The Morgan fingerprint density at radius 2 is 1.11 bits per heavy atom. The minimum absolute atomic E-state index is 0.148. The van der Waals surface area contributed by atoms with E-state index in [-0.39, 0.29) is 18.4 Å². The Balaban J connectivity index is 4.35. The summed E-state index contributed by atoms with van der Waals surface area (Å²) in [4.78, 5) is 36.9. The normalized spacial score (nSPS) is 13.1. The summed E-state index contributed by atoms with van der Waals surface area (Å²) in [6.07, 6.45) is 17.9. The van der Waals surface area contributed by atoms with E-state index in [0.717, 1.165) is 57.9 Å². The first-order valence-corrected chi connectivity index (χ1v) is 18.1. The minimum atomic E-state index is -0.797. The Bertz CT molecular complexity index is 739. The first-order chi connectivity index (χ1) is 21.4. The SMILES string of the molecule is CCCCCCCCCCCOC(=O)CCCC(O)CN(CCCCCCC(=O)OC(C)(C)C)CC(O)CCCCCC(=O)O. The highest BCUT2D eigenvalue weighted by Gasteiger charge is 2.18. The molecule has 0 saturated heterocycles. The number of aliphatic hydroxyl groups excluding tert-OH is 2. The molecule has 266 valence electrons. The largest absolute Gasteiger partial charge is 0.481 e. The van der Waals surface area contributed by atoms with Crippen LogP contribution in [0.1, 0.15) is 169 Å². The van der Waals surface area contributed by atoms with Crippen LogP contribution in [0.15, 0.2) is 0 Å². The van der Waals surface area contributed by atoms with E-state index < -0.39 is 23.8 Å². The van der Waals surface area contributed by atoms with Gasteiger partial charge in [-0.2, -0.15) is 0 Å². The number of carbonyl (C=O) groups excluding carboxylic acids is 2. The van der Waals surface area contributed by atoms with Crippen LogP contribution in [0.4, 0.5) is 0 Å². The molecule has 0 radical (unpaired) electrons. The van der Waals surface area contributed by atoms with Crippen LogP contribution in [-0.2, 0) is 23.9 Å². The third-order valence-electron chi connectivity index (χ3n) is 7.82. The minimum Gasteiger partial charge on any atom is -0.481 e. The summed E-state index contributed by atoms with van der Waals surface area (Å²) in [5.74, 6) is -1.18. The number of esters is 2. The molecule has 0 amide bonds. The highest BCUT2D eigenvalue weighted by atomic mass is 16.6. The van der Waals surface area contributed by atoms with Crippen molar-refractivity contribution in [2.45, 2.75) is 187 Å². The fourth-order valence-electron chi connectivity index (χ4n) is 5.37. The van der Waals surface area contributed by atoms with Crippen molar-refractivity contribution in [2.24, 2.45) is 0 Å². The molecule has 0 aliphatic heterocycles. The van der Waals surface area contributed by atoms with Crippen molar-refractivity contribution in [3.8, 4) is 0 Å². The molecule has 0 aromatic heterocycles. The Morgan fingerprint density at radius 3 is 1.71 bits per heavy atom. The topological polar surface area (TPSA) is 134 Å². The predicted molar refractivity (Wildman–Crippen MR) is 180 cm³/mol. The van der Waals surface area contributed by atoms with Gasteiger partial charge in [-0.05, 0) is 72.3 Å². The second kappa shape index (κ2) is 28.5. The third kappa shape index (κ3) is 32.0. The van der Waals surface area contributed by atoms with Crippen LogP contribution in [0.3, 0.4) is 0 Å². The molecule has 0 rings (SSSR count). The monoisotopic (exact) mass is 644 g/mol. The van der Waals surface area contributed by atoms with E-state index in [0.29, 0.717) is 58.2 Å². The molecule has 0 heterocycles. The van der Waals surface area contributed by atoms with Gasteiger partial charge in [0.15, 0.2) is 0 Å². The fraction of sp³-hybridized carbons (Fsp3) is 0.917. The summed E-state index contributed by atoms with van der Waals surface area (Å²) in [5, 5.41) is 30.1. The zero-order valence-corrected chi connectivity index (χ0v) is 29.4. The van der Waals surface area contributed by atoms with Crippen molar-refractivity contribution in [1.82, 2.24) is 4.90 Å². The molecule has 45 heavy (non-hydrogen) atoms. The van der Waals surface area contributed by atoms with Gasteiger partial charge < -0.3 is 24.8 Å². The first-order valence-electron chi connectivity index (χ1n) is 18.1. The molecule has 0 aliphatic rings. The number of aliphatic carboxylic acids is 1. The highest BCUT2D eigenvalue weighted by molar-refractivity contribution is 5.69. The Kier molecular flexibility index (Phi) is 27.4. The number of hydrogen-bond donors (Lipinski definition) is 3. The molecular formula is C36H69NO8. The van der Waals surface area contributed by atoms with Gasteiger partial charge in [0.1, 0.15) is 5.60 Å². The molecule has 0 aromatic carbocycles. The van der Waals surface area contributed by atoms with Gasteiger partial charge in [0.25, 0.3) is 0 Å². The molecule has 0 spiro atoms. The van der Waals surface area contributed by atoms with Crippen molar-refractivity contribution >= 4 is 17.9 Å². The number of unbranched alkanes of at least 4 members (excludes halogenated alkanes) is 13. The lowest BCUT2D eigenvalue weighted by atomic mass is 10.1. The lowest BCUT2D eigenvalue weighted by molar-refractivity contribution is -0.155. The lowest BCUT2D eigenvalue weighted by Gasteiger charge is -2.27. The molecule has 0 saturated carbocycles. The third-order valence-corrected chi connectivity index (χ3v) is 7.82. The van der Waals surface area contributed by atoms with Crippen molar-refractivity contribution in [2.75, 3.05) is 26.2 Å². The molecule has 0 fully saturated rings. The second-order valence-corrected chi connectivity index (χ2v) is 13.8.